The van der Waals surface area contributed by atoms with Gasteiger partial charge in [-0.3, -0.25) is 9.59 Å². The maximum atomic E-state index is 12.5. The Labute approximate surface area is 113 Å². The Hall–Kier alpha value is -1.62. The number of nitrogens with two attached hydrogens (primary N) is 1. The number of hydrogen-bond acceptors (Lipinski definition) is 3. The summed E-state index contributed by atoms with van der Waals surface area (Å²) in [5.41, 5.74) is 5.95. The van der Waals surface area contributed by atoms with Crippen LogP contribution in [-0.2, 0) is 7.05 Å². The molecule has 0 radical (unpaired) electrons. The number of piperidine rings is 1. The van der Waals surface area contributed by atoms with Crippen molar-refractivity contribution < 1.29 is 4.79 Å². The minimum atomic E-state index is -0.249. The fourth-order valence-corrected chi connectivity index (χ4v) is 2.67. The van der Waals surface area contributed by atoms with Gasteiger partial charge >= 0.3 is 0 Å². The molecule has 1 aliphatic heterocycles. The number of carbonyl (C=O) groups excluding carboxylic acids is 1. The average Bonchev–Trinajstić information content (AvgIpc) is 2.41. The second kappa shape index (κ2) is 5.57. The first-order valence-corrected chi connectivity index (χ1v) is 6.74. The Morgan fingerprint density at radius 2 is 2.21 bits per heavy atom. The molecular weight excluding hydrogens is 242 g/mol. The van der Waals surface area contributed by atoms with E-state index in [-0.39, 0.29) is 29.1 Å². The number of carbonyl (C=O) groups is 1. The van der Waals surface area contributed by atoms with Crippen LogP contribution < -0.4 is 11.3 Å². The van der Waals surface area contributed by atoms with E-state index in [0.29, 0.717) is 6.54 Å². The van der Waals surface area contributed by atoms with Crippen LogP contribution in [0, 0.1) is 0 Å². The highest BCUT2D eigenvalue weighted by Crippen LogP contribution is 2.20. The highest BCUT2D eigenvalue weighted by Gasteiger charge is 2.30. The van der Waals surface area contributed by atoms with Gasteiger partial charge in [0.25, 0.3) is 11.5 Å². The number of aryl methyl sites for hydroxylation is 1. The van der Waals surface area contributed by atoms with Crippen molar-refractivity contribution in [3.8, 4) is 0 Å². The van der Waals surface area contributed by atoms with Gasteiger partial charge in [-0.2, -0.15) is 0 Å². The molecule has 2 heterocycles. The quantitative estimate of drug-likeness (QED) is 0.855. The van der Waals surface area contributed by atoms with Crippen LogP contribution in [0.2, 0.25) is 0 Å². The molecule has 0 bridgehead atoms. The summed E-state index contributed by atoms with van der Waals surface area (Å²) >= 11 is 0. The predicted octanol–water partition coefficient (Wildman–Crippen LogP) is 0.727. The molecule has 0 aliphatic carbocycles. The van der Waals surface area contributed by atoms with E-state index in [0.717, 1.165) is 19.3 Å². The minimum absolute atomic E-state index is 0.0335. The van der Waals surface area contributed by atoms with Gasteiger partial charge < -0.3 is 15.2 Å². The highest BCUT2D eigenvalue weighted by atomic mass is 16.2. The van der Waals surface area contributed by atoms with Gasteiger partial charge in [0.05, 0.1) is 0 Å². The van der Waals surface area contributed by atoms with Gasteiger partial charge in [-0.05, 0) is 38.3 Å². The molecule has 0 saturated carbocycles. The lowest BCUT2D eigenvalue weighted by atomic mass is 9.96. The van der Waals surface area contributed by atoms with Gasteiger partial charge in [0.2, 0.25) is 0 Å². The van der Waals surface area contributed by atoms with Crippen LogP contribution >= 0.6 is 0 Å². The summed E-state index contributed by atoms with van der Waals surface area (Å²) in [7, 11) is 1.65. The van der Waals surface area contributed by atoms with Crippen LogP contribution in [0.25, 0.3) is 0 Å². The molecule has 1 amide bonds. The third kappa shape index (κ3) is 2.71. The standard InChI is InChI=1S/C14H21N3O2/c1-10(15)12-7-3-4-9-17(12)14(19)11-6-5-8-16(2)13(11)18/h5-6,8,10,12H,3-4,7,9,15H2,1-2H3/t10-,12+/m0/s1. The topological polar surface area (TPSA) is 68.3 Å². The van der Waals surface area contributed by atoms with Crippen molar-refractivity contribution in [2.24, 2.45) is 12.8 Å². The van der Waals surface area contributed by atoms with E-state index in [4.69, 9.17) is 5.73 Å². The normalized spacial score (nSPS) is 21.2. The summed E-state index contributed by atoms with van der Waals surface area (Å²) in [6.07, 6.45) is 4.62. The van der Waals surface area contributed by atoms with Crippen molar-refractivity contribution in [2.45, 2.75) is 38.3 Å². The lowest BCUT2D eigenvalue weighted by Crippen LogP contribution is -2.52. The Morgan fingerprint density at radius 3 is 2.89 bits per heavy atom. The second-order valence-electron chi connectivity index (χ2n) is 5.26. The lowest BCUT2D eigenvalue weighted by Gasteiger charge is -2.38. The van der Waals surface area contributed by atoms with E-state index >= 15 is 0 Å². The van der Waals surface area contributed by atoms with Gasteiger partial charge in [-0.15, -0.1) is 0 Å². The summed E-state index contributed by atoms with van der Waals surface area (Å²) in [5.74, 6) is -0.191. The molecule has 0 spiro atoms. The van der Waals surface area contributed by atoms with E-state index < -0.39 is 0 Å². The summed E-state index contributed by atoms with van der Waals surface area (Å²) in [6, 6.07) is 3.28. The Kier molecular flexibility index (Phi) is 4.04. The van der Waals surface area contributed by atoms with Crippen molar-refractivity contribution in [3.63, 3.8) is 0 Å². The van der Waals surface area contributed by atoms with E-state index in [1.54, 1.807) is 30.3 Å². The van der Waals surface area contributed by atoms with Crippen LogP contribution in [0.15, 0.2) is 23.1 Å². The highest BCUT2D eigenvalue weighted by molar-refractivity contribution is 5.94. The fraction of sp³-hybridized carbons (Fsp3) is 0.571. The summed E-state index contributed by atoms with van der Waals surface area (Å²) in [6.45, 7) is 2.60. The first-order valence-electron chi connectivity index (χ1n) is 6.74. The zero-order chi connectivity index (χ0) is 14.0. The van der Waals surface area contributed by atoms with Gasteiger partial charge in [-0.25, -0.2) is 0 Å². The molecule has 0 aromatic carbocycles. The third-order valence-corrected chi connectivity index (χ3v) is 3.77. The molecule has 19 heavy (non-hydrogen) atoms. The molecule has 1 saturated heterocycles. The van der Waals surface area contributed by atoms with E-state index in [2.05, 4.69) is 0 Å². The molecule has 0 unspecified atom stereocenters. The molecule has 104 valence electrons. The van der Waals surface area contributed by atoms with Crippen LogP contribution in [0.3, 0.4) is 0 Å². The van der Waals surface area contributed by atoms with E-state index in [9.17, 15) is 9.59 Å². The van der Waals surface area contributed by atoms with E-state index in [1.807, 2.05) is 6.92 Å². The average molecular weight is 263 g/mol. The maximum Gasteiger partial charge on any atom is 0.263 e. The SMILES string of the molecule is C[C@H](N)[C@H]1CCCCN1C(=O)c1cccn(C)c1=O. The van der Waals surface area contributed by atoms with Crippen molar-refractivity contribution >= 4 is 5.91 Å². The van der Waals surface area contributed by atoms with E-state index in [1.165, 1.54) is 4.57 Å². The fourth-order valence-electron chi connectivity index (χ4n) is 2.67. The number of hydrogen-bond donors (Lipinski definition) is 1. The van der Waals surface area contributed by atoms with Gasteiger partial charge in [0.1, 0.15) is 5.56 Å². The zero-order valence-corrected chi connectivity index (χ0v) is 11.5. The van der Waals surface area contributed by atoms with Crippen LogP contribution in [0.1, 0.15) is 36.5 Å². The van der Waals surface area contributed by atoms with Crippen LogP contribution in [-0.4, -0.2) is 34.0 Å². The largest absolute Gasteiger partial charge is 0.334 e. The number of nitrogens with zero attached hydrogens (tertiary/aromatic N) is 2. The van der Waals surface area contributed by atoms with Crippen molar-refractivity contribution in [3.05, 3.63) is 34.2 Å². The zero-order valence-electron chi connectivity index (χ0n) is 11.5. The first kappa shape index (κ1) is 13.8. The Balaban J connectivity index is 2.32. The second-order valence-corrected chi connectivity index (χ2v) is 5.26. The number of pyridine rings is 1. The van der Waals surface area contributed by atoms with Crippen molar-refractivity contribution in [1.29, 1.82) is 0 Å². The van der Waals surface area contributed by atoms with Gasteiger partial charge in [-0.1, -0.05) is 0 Å². The molecule has 1 aromatic rings. The van der Waals surface area contributed by atoms with Crippen LogP contribution in [0.5, 0.6) is 0 Å². The maximum absolute atomic E-state index is 12.5. The molecular formula is C14H21N3O2. The Morgan fingerprint density at radius 1 is 1.47 bits per heavy atom. The monoisotopic (exact) mass is 263 g/mol. The number of amides is 1. The molecule has 1 fully saturated rings. The molecule has 1 aromatic heterocycles. The summed E-state index contributed by atoms with van der Waals surface area (Å²) < 4.78 is 1.43. The number of aromatic nitrogens is 1. The van der Waals surface area contributed by atoms with Crippen molar-refractivity contribution in [1.82, 2.24) is 9.47 Å². The third-order valence-electron chi connectivity index (χ3n) is 3.77. The van der Waals surface area contributed by atoms with Crippen LogP contribution in [0.4, 0.5) is 0 Å². The number of rotatable bonds is 2. The van der Waals surface area contributed by atoms with Gasteiger partial charge in [0, 0.05) is 31.9 Å². The molecule has 2 atom stereocenters. The smallest absolute Gasteiger partial charge is 0.263 e. The van der Waals surface area contributed by atoms with Crippen molar-refractivity contribution in [2.75, 3.05) is 6.54 Å². The summed E-state index contributed by atoms with van der Waals surface area (Å²) in [5, 5.41) is 0. The first-order chi connectivity index (χ1) is 9.02. The molecule has 5 nitrogen and oxygen atoms in total. The molecule has 5 heteroatoms. The molecule has 2 N–H and O–H groups in total. The number of likely N-dealkylation sites (tertiary alicyclic amines) is 1. The minimum Gasteiger partial charge on any atom is -0.334 e. The van der Waals surface area contributed by atoms with Gasteiger partial charge in [0.15, 0.2) is 0 Å². The molecule has 1 aliphatic rings. The predicted molar refractivity (Wildman–Crippen MR) is 74.0 cm³/mol. The summed E-state index contributed by atoms with van der Waals surface area (Å²) in [4.78, 5) is 26.3. The molecule has 2 rings (SSSR count). The Bertz CT molecular complexity index is 522. The lowest BCUT2D eigenvalue weighted by molar-refractivity contribution is 0.0581.